The first-order chi connectivity index (χ1) is 12.3. The maximum Gasteiger partial charge on any atom is 0.253 e. The highest BCUT2D eigenvalue weighted by Crippen LogP contribution is 2.25. The van der Waals surface area contributed by atoms with Crippen LogP contribution in [0.4, 0.5) is 11.4 Å². The van der Waals surface area contributed by atoms with Crippen molar-refractivity contribution in [3.05, 3.63) is 84.9 Å². The maximum atomic E-state index is 13.1. The van der Waals surface area contributed by atoms with E-state index < -0.39 is 0 Å². The van der Waals surface area contributed by atoms with Gasteiger partial charge in [0.15, 0.2) is 0 Å². The Morgan fingerprint density at radius 1 is 0.800 bits per heavy atom. The number of para-hydroxylation sites is 3. The van der Waals surface area contributed by atoms with Crippen molar-refractivity contribution in [2.75, 3.05) is 4.90 Å². The van der Waals surface area contributed by atoms with Crippen molar-refractivity contribution >= 4 is 28.3 Å². The molecule has 1 amide bonds. The van der Waals surface area contributed by atoms with Crippen molar-refractivity contribution < 1.29 is 4.79 Å². The molecule has 25 heavy (non-hydrogen) atoms. The van der Waals surface area contributed by atoms with Gasteiger partial charge >= 0.3 is 0 Å². The van der Waals surface area contributed by atoms with Crippen LogP contribution >= 0.6 is 0 Å². The third-order valence-electron chi connectivity index (χ3n) is 3.98. The number of anilines is 2. The molecular formula is C20H16N4O. The summed E-state index contributed by atoms with van der Waals surface area (Å²) in [6, 6.07) is 26.9. The summed E-state index contributed by atoms with van der Waals surface area (Å²) in [7, 11) is 0. The standard InChI is InChI=1S/C20H16N4O/c25-20(15-23-19-14-8-7-13-18(19)21-22-23)24(16-9-3-1-4-10-16)17-11-5-2-6-12-17/h1-14H,15H2. The summed E-state index contributed by atoms with van der Waals surface area (Å²) < 4.78 is 1.64. The first-order valence-corrected chi connectivity index (χ1v) is 8.04. The highest BCUT2D eigenvalue weighted by molar-refractivity contribution is 6.00. The minimum absolute atomic E-state index is 0.0759. The van der Waals surface area contributed by atoms with E-state index in [-0.39, 0.29) is 12.5 Å². The van der Waals surface area contributed by atoms with Crippen LogP contribution in [0, 0.1) is 0 Å². The van der Waals surface area contributed by atoms with Crippen LogP contribution in [0.25, 0.3) is 11.0 Å². The van der Waals surface area contributed by atoms with Crippen molar-refractivity contribution in [2.45, 2.75) is 6.54 Å². The van der Waals surface area contributed by atoms with E-state index in [0.29, 0.717) is 0 Å². The van der Waals surface area contributed by atoms with Crippen LogP contribution in [0.3, 0.4) is 0 Å². The van der Waals surface area contributed by atoms with Gasteiger partial charge in [-0.25, -0.2) is 4.68 Å². The van der Waals surface area contributed by atoms with E-state index >= 15 is 0 Å². The Morgan fingerprint density at radius 2 is 1.36 bits per heavy atom. The molecule has 3 aromatic carbocycles. The maximum absolute atomic E-state index is 13.1. The summed E-state index contributed by atoms with van der Waals surface area (Å²) in [4.78, 5) is 14.8. The van der Waals surface area contributed by atoms with Crippen LogP contribution in [-0.2, 0) is 11.3 Å². The van der Waals surface area contributed by atoms with Gasteiger partial charge in [-0.05, 0) is 36.4 Å². The number of hydrogen-bond donors (Lipinski definition) is 0. The smallest absolute Gasteiger partial charge is 0.253 e. The summed E-state index contributed by atoms with van der Waals surface area (Å²) >= 11 is 0. The van der Waals surface area contributed by atoms with E-state index in [0.717, 1.165) is 22.4 Å². The molecule has 0 aliphatic heterocycles. The molecule has 0 saturated carbocycles. The third-order valence-corrected chi connectivity index (χ3v) is 3.98. The van der Waals surface area contributed by atoms with Gasteiger partial charge in [-0.2, -0.15) is 0 Å². The molecule has 0 radical (unpaired) electrons. The Labute approximate surface area is 145 Å². The van der Waals surface area contributed by atoms with Crippen molar-refractivity contribution in [1.82, 2.24) is 15.0 Å². The molecule has 1 aromatic heterocycles. The van der Waals surface area contributed by atoms with Crippen LogP contribution in [0.1, 0.15) is 0 Å². The Balaban J connectivity index is 1.71. The van der Waals surface area contributed by atoms with E-state index in [4.69, 9.17) is 0 Å². The number of nitrogens with zero attached hydrogens (tertiary/aromatic N) is 4. The number of carbonyl (C=O) groups is 1. The van der Waals surface area contributed by atoms with Crippen molar-refractivity contribution in [2.24, 2.45) is 0 Å². The van der Waals surface area contributed by atoms with Gasteiger partial charge in [0.25, 0.3) is 5.91 Å². The van der Waals surface area contributed by atoms with Gasteiger partial charge in [0.1, 0.15) is 12.1 Å². The van der Waals surface area contributed by atoms with Gasteiger partial charge in [0.05, 0.1) is 5.52 Å². The Hall–Kier alpha value is -3.47. The number of benzene rings is 3. The molecule has 4 rings (SSSR count). The second-order valence-corrected chi connectivity index (χ2v) is 5.64. The van der Waals surface area contributed by atoms with Gasteiger partial charge < -0.3 is 0 Å². The number of fused-ring (bicyclic) bond motifs is 1. The SMILES string of the molecule is O=C(Cn1nnc2ccccc21)N(c1ccccc1)c1ccccc1. The molecule has 0 saturated heterocycles. The first kappa shape index (κ1) is 15.1. The quantitative estimate of drug-likeness (QED) is 0.572. The molecule has 0 unspecified atom stereocenters. The lowest BCUT2D eigenvalue weighted by molar-refractivity contribution is -0.118. The largest absolute Gasteiger partial charge is 0.279 e. The number of aromatic nitrogens is 3. The fraction of sp³-hybridized carbons (Fsp3) is 0.0500. The number of rotatable bonds is 4. The first-order valence-electron chi connectivity index (χ1n) is 8.04. The fourth-order valence-electron chi connectivity index (χ4n) is 2.82. The molecular weight excluding hydrogens is 312 g/mol. The predicted octanol–water partition coefficient (Wildman–Crippen LogP) is 3.80. The summed E-state index contributed by atoms with van der Waals surface area (Å²) in [5, 5.41) is 8.24. The molecule has 0 aliphatic rings. The molecule has 1 heterocycles. The van der Waals surface area contributed by atoms with Crippen LogP contribution in [0.5, 0.6) is 0 Å². The zero-order chi connectivity index (χ0) is 17.1. The Morgan fingerprint density at radius 3 is 2.00 bits per heavy atom. The van der Waals surface area contributed by atoms with Gasteiger partial charge in [-0.3, -0.25) is 9.69 Å². The highest BCUT2D eigenvalue weighted by Gasteiger charge is 2.19. The average molecular weight is 328 g/mol. The number of amides is 1. The monoisotopic (exact) mass is 328 g/mol. The molecule has 4 aromatic rings. The van der Waals surface area contributed by atoms with E-state index in [1.165, 1.54) is 0 Å². The van der Waals surface area contributed by atoms with E-state index in [9.17, 15) is 4.79 Å². The average Bonchev–Trinajstić information content (AvgIpc) is 3.07. The third kappa shape index (κ3) is 2.99. The highest BCUT2D eigenvalue weighted by atomic mass is 16.2. The molecule has 0 fully saturated rings. The van der Waals surface area contributed by atoms with Crippen molar-refractivity contribution in [3.8, 4) is 0 Å². The lowest BCUT2D eigenvalue weighted by Gasteiger charge is -2.23. The second-order valence-electron chi connectivity index (χ2n) is 5.64. The van der Waals surface area contributed by atoms with Crippen molar-refractivity contribution in [3.63, 3.8) is 0 Å². The lowest BCUT2D eigenvalue weighted by atomic mass is 10.2. The summed E-state index contributed by atoms with van der Waals surface area (Å²) in [5.41, 5.74) is 3.27. The summed E-state index contributed by atoms with van der Waals surface area (Å²) in [6.45, 7) is 0.115. The zero-order valence-corrected chi connectivity index (χ0v) is 13.5. The molecule has 0 aliphatic carbocycles. The zero-order valence-electron chi connectivity index (χ0n) is 13.5. The molecule has 122 valence electrons. The van der Waals surface area contributed by atoms with E-state index in [2.05, 4.69) is 10.3 Å². The van der Waals surface area contributed by atoms with Crippen LogP contribution in [-0.4, -0.2) is 20.9 Å². The van der Waals surface area contributed by atoms with Gasteiger partial charge in [-0.1, -0.05) is 53.7 Å². The second kappa shape index (κ2) is 6.57. The van der Waals surface area contributed by atoms with Gasteiger partial charge in [0.2, 0.25) is 0 Å². The molecule has 5 nitrogen and oxygen atoms in total. The minimum atomic E-state index is -0.0759. The van der Waals surface area contributed by atoms with Gasteiger partial charge in [0, 0.05) is 11.4 Å². The summed E-state index contributed by atoms with van der Waals surface area (Å²) in [5.74, 6) is -0.0759. The topological polar surface area (TPSA) is 51.0 Å². The molecule has 5 heteroatoms. The normalized spacial score (nSPS) is 10.7. The van der Waals surface area contributed by atoms with Crippen LogP contribution in [0.15, 0.2) is 84.9 Å². The molecule has 0 bridgehead atoms. The predicted molar refractivity (Wildman–Crippen MR) is 97.6 cm³/mol. The number of hydrogen-bond acceptors (Lipinski definition) is 3. The van der Waals surface area contributed by atoms with E-state index in [1.54, 1.807) is 9.58 Å². The lowest BCUT2D eigenvalue weighted by Crippen LogP contribution is -2.30. The van der Waals surface area contributed by atoms with Crippen LogP contribution < -0.4 is 4.90 Å². The van der Waals surface area contributed by atoms with Crippen molar-refractivity contribution in [1.29, 1.82) is 0 Å². The molecule has 0 spiro atoms. The van der Waals surface area contributed by atoms with Gasteiger partial charge in [-0.15, -0.1) is 5.10 Å². The van der Waals surface area contributed by atoms with Crippen LogP contribution in [0.2, 0.25) is 0 Å². The molecule has 0 atom stereocenters. The molecule has 0 N–H and O–H groups in total. The minimum Gasteiger partial charge on any atom is -0.279 e. The fourth-order valence-corrected chi connectivity index (χ4v) is 2.82. The summed E-state index contributed by atoms with van der Waals surface area (Å²) in [6.07, 6.45) is 0. The van der Waals surface area contributed by atoms with E-state index in [1.807, 2.05) is 84.9 Å². The Kier molecular flexibility index (Phi) is 3.96. The Bertz CT molecular complexity index is 956. The number of carbonyl (C=O) groups excluding carboxylic acids is 1.